The van der Waals surface area contributed by atoms with E-state index in [4.69, 9.17) is 4.74 Å². The number of esters is 1. The second kappa shape index (κ2) is 8.06. The van der Waals surface area contributed by atoms with Gasteiger partial charge in [-0.15, -0.1) is 6.58 Å². The van der Waals surface area contributed by atoms with Crippen LogP contribution < -0.4 is 0 Å². The molecule has 0 aliphatic heterocycles. The predicted octanol–water partition coefficient (Wildman–Crippen LogP) is 3.28. The molecule has 1 aliphatic carbocycles. The zero-order valence-corrected chi connectivity index (χ0v) is 11.3. The van der Waals surface area contributed by atoms with Crippen molar-refractivity contribution in [1.82, 2.24) is 0 Å². The van der Waals surface area contributed by atoms with Gasteiger partial charge >= 0.3 is 5.97 Å². The van der Waals surface area contributed by atoms with Gasteiger partial charge in [-0.2, -0.15) is 0 Å². The van der Waals surface area contributed by atoms with Crippen molar-refractivity contribution in [2.45, 2.75) is 51.9 Å². The molecule has 2 atom stereocenters. The lowest BCUT2D eigenvalue weighted by Crippen LogP contribution is -2.15. The maximum Gasteiger partial charge on any atom is 0.306 e. The highest BCUT2D eigenvalue weighted by Crippen LogP contribution is 2.35. The van der Waals surface area contributed by atoms with Gasteiger partial charge in [0.25, 0.3) is 0 Å². The standard InChI is InChI=1S/C15H24O3/c1-3-5-7-12-9-14(16)10-13(12)11-15(17)18-8-6-4-2/h4,12-13H,2-3,5-11H2,1H3. The van der Waals surface area contributed by atoms with Crippen molar-refractivity contribution < 1.29 is 14.3 Å². The second-order valence-corrected chi connectivity index (χ2v) is 5.11. The van der Waals surface area contributed by atoms with Crippen molar-refractivity contribution in [3.05, 3.63) is 12.7 Å². The summed E-state index contributed by atoms with van der Waals surface area (Å²) >= 11 is 0. The molecule has 0 N–H and O–H groups in total. The minimum absolute atomic E-state index is 0.168. The van der Waals surface area contributed by atoms with Gasteiger partial charge < -0.3 is 4.74 Å². The molecule has 1 aliphatic rings. The van der Waals surface area contributed by atoms with Crippen LogP contribution in [0.4, 0.5) is 0 Å². The number of carbonyl (C=O) groups is 2. The van der Waals surface area contributed by atoms with Gasteiger partial charge in [0, 0.05) is 19.3 Å². The van der Waals surface area contributed by atoms with Crippen LogP contribution in [-0.2, 0) is 14.3 Å². The SMILES string of the molecule is C=CCCOC(=O)CC1CC(=O)CC1CCCC. The average Bonchev–Trinajstić information content (AvgIpc) is 2.67. The molecular weight excluding hydrogens is 228 g/mol. The number of rotatable bonds is 8. The van der Waals surface area contributed by atoms with Crippen LogP contribution in [0.25, 0.3) is 0 Å². The highest BCUT2D eigenvalue weighted by molar-refractivity contribution is 5.82. The van der Waals surface area contributed by atoms with Crippen LogP contribution in [0.1, 0.15) is 51.9 Å². The van der Waals surface area contributed by atoms with Crippen LogP contribution in [-0.4, -0.2) is 18.4 Å². The number of unbranched alkanes of at least 4 members (excludes halogenated alkanes) is 1. The summed E-state index contributed by atoms with van der Waals surface area (Å²) in [6.07, 6.45) is 7.38. The fourth-order valence-corrected chi connectivity index (χ4v) is 2.57. The maximum absolute atomic E-state index is 11.6. The number of ether oxygens (including phenoxy) is 1. The van der Waals surface area contributed by atoms with Gasteiger partial charge in [0.1, 0.15) is 5.78 Å². The van der Waals surface area contributed by atoms with Gasteiger partial charge in [-0.05, 0) is 24.7 Å². The monoisotopic (exact) mass is 252 g/mol. The molecule has 0 spiro atoms. The van der Waals surface area contributed by atoms with Crippen LogP contribution >= 0.6 is 0 Å². The number of carbonyl (C=O) groups excluding carboxylic acids is 2. The summed E-state index contributed by atoms with van der Waals surface area (Å²) in [5, 5.41) is 0. The van der Waals surface area contributed by atoms with Crippen LogP contribution in [0, 0.1) is 11.8 Å². The van der Waals surface area contributed by atoms with Crippen molar-refractivity contribution in [2.75, 3.05) is 6.61 Å². The molecule has 1 fully saturated rings. The normalized spacial score (nSPS) is 23.1. The Balaban J connectivity index is 2.35. The van der Waals surface area contributed by atoms with Crippen LogP contribution in [0.5, 0.6) is 0 Å². The molecular formula is C15H24O3. The van der Waals surface area contributed by atoms with E-state index in [1.54, 1.807) is 6.08 Å². The van der Waals surface area contributed by atoms with E-state index in [0.717, 1.165) is 19.3 Å². The summed E-state index contributed by atoms with van der Waals surface area (Å²) in [7, 11) is 0. The third-order valence-corrected chi connectivity index (χ3v) is 3.59. The Morgan fingerprint density at radius 1 is 1.44 bits per heavy atom. The fraction of sp³-hybridized carbons (Fsp3) is 0.733. The number of hydrogen-bond donors (Lipinski definition) is 0. The first-order chi connectivity index (χ1) is 8.67. The molecule has 0 amide bonds. The molecule has 2 unspecified atom stereocenters. The van der Waals surface area contributed by atoms with Gasteiger partial charge in [0.15, 0.2) is 0 Å². The Labute approximate surface area is 110 Å². The Bertz CT molecular complexity index is 296. The smallest absolute Gasteiger partial charge is 0.306 e. The lowest BCUT2D eigenvalue weighted by Gasteiger charge is -2.17. The molecule has 102 valence electrons. The number of hydrogen-bond acceptors (Lipinski definition) is 3. The van der Waals surface area contributed by atoms with Gasteiger partial charge in [0.05, 0.1) is 6.61 Å². The molecule has 1 rings (SSSR count). The van der Waals surface area contributed by atoms with Crippen LogP contribution in [0.3, 0.4) is 0 Å². The first kappa shape index (κ1) is 14.9. The van der Waals surface area contributed by atoms with E-state index >= 15 is 0 Å². The Morgan fingerprint density at radius 3 is 2.83 bits per heavy atom. The summed E-state index contributed by atoms with van der Waals surface area (Å²) in [4.78, 5) is 23.1. The third kappa shape index (κ3) is 5.03. The van der Waals surface area contributed by atoms with E-state index in [2.05, 4.69) is 13.5 Å². The number of ketones is 1. The van der Waals surface area contributed by atoms with E-state index < -0.39 is 0 Å². The molecule has 0 bridgehead atoms. The van der Waals surface area contributed by atoms with Crippen molar-refractivity contribution in [2.24, 2.45) is 11.8 Å². The molecule has 0 aromatic carbocycles. The lowest BCUT2D eigenvalue weighted by atomic mass is 9.89. The zero-order chi connectivity index (χ0) is 13.4. The first-order valence-electron chi connectivity index (χ1n) is 6.95. The average molecular weight is 252 g/mol. The van der Waals surface area contributed by atoms with Gasteiger partial charge in [0.2, 0.25) is 0 Å². The molecule has 0 saturated heterocycles. The molecule has 1 saturated carbocycles. The summed E-state index contributed by atoms with van der Waals surface area (Å²) in [6.45, 7) is 6.13. The van der Waals surface area contributed by atoms with Gasteiger partial charge in [-0.25, -0.2) is 0 Å². The topological polar surface area (TPSA) is 43.4 Å². The van der Waals surface area contributed by atoms with E-state index in [-0.39, 0.29) is 11.9 Å². The third-order valence-electron chi connectivity index (χ3n) is 3.59. The highest BCUT2D eigenvalue weighted by atomic mass is 16.5. The Kier molecular flexibility index (Phi) is 6.69. The summed E-state index contributed by atoms with van der Waals surface area (Å²) in [5.41, 5.74) is 0. The zero-order valence-electron chi connectivity index (χ0n) is 11.3. The number of Topliss-reactive ketones (excluding diaryl/α,β-unsaturated/α-hetero) is 1. The molecule has 18 heavy (non-hydrogen) atoms. The summed E-state index contributed by atoms with van der Waals surface area (Å²) in [6, 6.07) is 0. The van der Waals surface area contributed by atoms with Crippen LogP contribution in [0.2, 0.25) is 0 Å². The minimum Gasteiger partial charge on any atom is -0.465 e. The van der Waals surface area contributed by atoms with Crippen molar-refractivity contribution in [3.8, 4) is 0 Å². The second-order valence-electron chi connectivity index (χ2n) is 5.11. The highest BCUT2D eigenvalue weighted by Gasteiger charge is 2.33. The summed E-state index contributed by atoms with van der Waals surface area (Å²) in [5.74, 6) is 0.739. The molecule has 0 aromatic rings. The van der Waals surface area contributed by atoms with E-state index in [9.17, 15) is 9.59 Å². The lowest BCUT2D eigenvalue weighted by molar-refractivity contribution is -0.144. The van der Waals surface area contributed by atoms with Crippen molar-refractivity contribution in [3.63, 3.8) is 0 Å². The molecule has 3 heteroatoms. The van der Waals surface area contributed by atoms with E-state index in [1.807, 2.05) is 0 Å². The Morgan fingerprint density at radius 2 is 2.17 bits per heavy atom. The minimum atomic E-state index is -0.168. The van der Waals surface area contributed by atoms with Gasteiger partial charge in [-0.1, -0.05) is 25.8 Å². The fourth-order valence-electron chi connectivity index (χ4n) is 2.57. The van der Waals surface area contributed by atoms with Gasteiger partial charge in [-0.3, -0.25) is 9.59 Å². The largest absolute Gasteiger partial charge is 0.465 e. The van der Waals surface area contributed by atoms with Crippen molar-refractivity contribution >= 4 is 11.8 Å². The molecule has 0 radical (unpaired) electrons. The molecule has 0 heterocycles. The maximum atomic E-state index is 11.6. The van der Waals surface area contributed by atoms with Crippen LogP contribution in [0.15, 0.2) is 12.7 Å². The van der Waals surface area contributed by atoms with E-state index in [1.165, 1.54) is 0 Å². The predicted molar refractivity (Wildman–Crippen MR) is 71.1 cm³/mol. The Hall–Kier alpha value is -1.12. The summed E-state index contributed by atoms with van der Waals surface area (Å²) < 4.78 is 5.11. The molecule has 3 nitrogen and oxygen atoms in total. The van der Waals surface area contributed by atoms with E-state index in [0.29, 0.717) is 44.0 Å². The quantitative estimate of drug-likeness (QED) is 0.378. The van der Waals surface area contributed by atoms with Crippen molar-refractivity contribution in [1.29, 1.82) is 0 Å². The first-order valence-corrected chi connectivity index (χ1v) is 6.95. The molecule has 0 aromatic heterocycles.